The number of aromatic nitrogens is 2. The summed E-state index contributed by atoms with van der Waals surface area (Å²) in [6.45, 7) is 2.80. The molecule has 35 heavy (non-hydrogen) atoms. The molecule has 6 rings (SSSR count). The van der Waals surface area contributed by atoms with Gasteiger partial charge in [0, 0.05) is 43.0 Å². The maximum Gasteiger partial charge on any atom is 0.255 e. The Hall–Kier alpha value is -3.59. The zero-order valence-corrected chi connectivity index (χ0v) is 19.2. The summed E-state index contributed by atoms with van der Waals surface area (Å²) < 4.78 is 14.6. The molecule has 5 heterocycles. The Morgan fingerprint density at radius 3 is 2.74 bits per heavy atom. The predicted molar refractivity (Wildman–Crippen MR) is 126 cm³/mol. The van der Waals surface area contributed by atoms with E-state index < -0.39 is 17.8 Å². The number of nitrogens with one attached hydrogen (secondary N) is 2. The van der Waals surface area contributed by atoms with Gasteiger partial charge in [0.15, 0.2) is 0 Å². The van der Waals surface area contributed by atoms with Gasteiger partial charge in [-0.25, -0.2) is 4.39 Å². The maximum atomic E-state index is 14.6. The van der Waals surface area contributed by atoms with E-state index in [1.165, 1.54) is 11.0 Å². The number of rotatable bonds is 4. The minimum atomic E-state index is -0.699. The third kappa shape index (κ3) is 3.89. The van der Waals surface area contributed by atoms with E-state index in [-0.39, 0.29) is 30.7 Å². The van der Waals surface area contributed by atoms with Gasteiger partial charge >= 0.3 is 0 Å². The number of amides is 3. The number of aromatic amines is 1. The number of likely N-dealkylation sites (tertiary alicyclic amines) is 1. The van der Waals surface area contributed by atoms with Crippen molar-refractivity contribution in [2.24, 2.45) is 0 Å². The van der Waals surface area contributed by atoms with Crippen molar-refractivity contribution in [3.63, 3.8) is 0 Å². The van der Waals surface area contributed by atoms with Crippen LogP contribution in [0.4, 0.5) is 4.39 Å². The standard InChI is InChI=1S/C26H26FN5O3/c27-17-10-18(20-14-32(26(35)19(20)11-17)22-3-4-23(33)30-25(22)34)15-5-8-31(9-6-15)13-16-12-29-21-2-1-7-28-24(16)21/h1-2,7,10-12,15,22,29H,3-6,8-9,13-14H2,(H,30,33,34). The van der Waals surface area contributed by atoms with Crippen LogP contribution in [0.25, 0.3) is 11.0 Å². The van der Waals surface area contributed by atoms with Crippen LogP contribution in [0.5, 0.6) is 0 Å². The van der Waals surface area contributed by atoms with E-state index in [2.05, 4.69) is 20.2 Å². The average molecular weight is 476 g/mol. The maximum absolute atomic E-state index is 14.6. The van der Waals surface area contributed by atoms with Crippen LogP contribution in [0, 0.1) is 5.82 Å². The second-order valence-corrected chi connectivity index (χ2v) is 9.68. The minimum absolute atomic E-state index is 0.145. The summed E-state index contributed by atoms with van der Waals surface area (Å²) in [5.74, 6) is -1.39. The van der Waals surface area contributed by atoms with Crippen LogP contribution in [0.2, 0.25) is 0 Å². The number of carbonyl (C=O) groups excluding carboxylic acids is 3. The molecular weight excluding hydrogens is 449 g/mol. The van der Waals surface area contributed by atoms with Crippen molar-refractivity contribution in [1.82, 2.24) is 25.1 Å². The summed E-state index contributed by atoms with van der Waals surface area (Å²) in [5, 5.41) is 2.32. The number of hydrogen-bond acceptors (Lipinski definition) is 5. The largest absolute Gasteiger partial charge is 0.360 e. The molecule has 9 heteroatoms. The van der Waals surface area contributed by atoms with E-state index in [4.69, 9.17) is 0 Å². The molecular formula is C26H26FN5O3. The highest BCUT2D eigenvalue weighted by atomic mass is 19.1. The molecule has 0 saturated carbocycles. The predicted octanol–water partition coefficient (Wildman–Crippen LogP) is 2.84. The Morgan fingerprint density at radius 1 is 1.11 bits per heavy atom. The molecule has 3 aliphatic heterocycles. The van der Waals surface area contributed by atoms with Gasteiger partial charge in [-0.15, -0.1) is 0 Å². The Morgan fingerprint density at radius 2 is 1.94 bits per heavy atom. The fraction of sp³-hybridized carbons (Fsp3) is 0.385. The first kappa shape index (κ1) is 21.9. The number of halogens is 1. The topological polar surface area (TPSA) is 98.4 Å². The molecule has 2 saturated heterocycles. The molecule has 0 bridgehead atoms. The number of fused-ring (bicyclic) bond motifs is 2. The number of hydrogen-bond donors (Lipinski definition) is 2. The van der Waals surface area contributed by atoms with Gasteiger partial charge < -0.3 is 9.88 Å². The second-order valence-electron chi connectivity index (χ2n) is 9.68. The van der Waals surface area contributed by atoms with Gasteiger partial charge in [-0.3, -0.25) is 29.6 Å². The van der Waals surface area contributed by atoms with Crippen molar-refractivity contribution in [2.45, 2.75) is 50.7 Å². The molecule has 8 nitrogen and oxygen atoms in total. The van der Waals surface area contributed by atoms with Crippen LogP contribution >= 0.6 is 0 Å². The quantitative estimate of drug-likeness (QED) is 0.566. The Balaban J connectivity index is 1.18. The van der Waals surface area contributed by atoms with Crippen LogP contribution < -0.4 is 5.32 Å². The fourth-order valence-electron chi connectivity index (χ4n) is 5.79. The molecule has 1 atom stereocenters. The third-order valence-electron chi connectivity index (χ3n) is 7.59. The van der Waals surface area contributed by atoms with E-state index >= 15 is 0 Å². The summed E-state index contributed by atoms with van der Waals surface area (Å²) in [6.07, 6.45) is 6.02. The first-order valence-corrected chi connectivity index (χ1v) is 12.1. The second kappa shape index (κ2) is 8.57. The molecule has 180 valence electrons. The van der Waals surface area contributed by atoms with Crippen molar-refractivity contribution in [2.75, 3.05) is 13.1 Å². The summed E-state index contributed by atoms with van der Waals surface area (Å²) in [6, 6.07) is 6.07. The molecule has 0 spiro atoms. The Bertz CT molecular complexity index is 1340. The number of H-pyrrole nitrogens is 1. The first-order chi connectivity index (χ1) is 17.0. The third-order valence-corrected chi connectivity index (χ3v) is 7.59. The summed E-state index contributed by atoms with van der Waals surface area (Å²) >= 11 is 0. The zero-order chi connectivity index (χ0) is 24.1. The molecule has 1 aromatic carbocycles. The van der Waals surface area contributed by atoms with Crippen LogP contribution in [-0.2, 0) is 22.7 Å². The van der Waals surface area contributed by atoms with E-state index in [9.17, 15) is 18.8 Å². The molecule has 2 aromatic heterocycles. The Kier molecular flexibility index (Phi) is 5.36. The van der Waals surface area contributed by atoms with E-state index in [0.717, 1.165) is 60.2 Å². The number of benzene rings is 1. The van der Waals surface area contributed by atoms with Crippen molar-refractivity contribution >= 4 is 28.8 Å². The van der Waals surface area contributed by atoms with Crippen LogP contribution in [0.15, 0.2) is 36.7 Å². The van der Waals surface area contributed by atoms with Gasteiger partial charge in [0.2, 0.25) is 11.8 Å². The SMILES string of the molecule is O=C1CCC(N2Cc3c(cc(F)cc3C3CCN(Cc4c[nH]c5cccnc45)CC3)C2=O)C(=O)N1. The summed E-state index contributed by atoms with van der Waals surface area (Å²) in [4.78, 5) is 48.7. The van der Waals surface area contributed by atoms with Gasteiger partial charge in [0.1, 0.15) is 11.9 Å². The van der Waals surface area contributed by atoms with Crippen molar-refractivity contribution in [3.05, 3.63) is 64.7 Å². The number of nitrogens with zero attached hydrogens (tertiary/aromatic N) is 3. The van der Waals surface area contributed by atoms with Gasteiger partial charge in [0.25, 0.3) is 5.91 Å². The number of imide groups is 1. The molecule has 1 unspecified atom stereocenters. The highest BCUT2D eigenvalue weighted by Gasteiger charge is 2.41. The lowest BCUT2D eigenvalue weighted by molar-refractivity contribution is -0.136. The lowest BCUT2D eigenvalue weighted by atomic mass is 9.85. The lowest BCUT2D eigenvalue weighted by Gasteiger charge is -2.33. The molecule has 3 amide bonds. The van der Waals surface area contributed by atoms with Gasteiger partial charge in [-0.05, 0) is 73.7 Å². The zero-order valence-electron chi connectivity index (χ0n) is 19.2. The van der Waals surface area contributed by atoms with Crippen LogP contribution in [0.3, 0.4) is 0 Å². The highest BCUT2D eigenvalue weighted by molar-refractivity contribution is 6.05. The van der Waals surface area contributed by atoms with Crippen molar-refractivity contribution in [1.29, 1.82) is 0 Å². The smallest absolute Gasteiger partial charge is 0.255 e. The van der Waals surface area contributed by atoms with Crippen LogP contribution in [0.1, 0.15) is 58.6 Å². The normalized spacial score (nSPS) is 21.6. The minimum Gasteiger partial charge on any atom is -0.360 e. The number of piperidine rings is 2. The van der Waals surface area contributed by atoms with E-state index in [0.29, 0.717) is 12.0 Å². The van der Waals surface area contributed by atoms with Crippen molar-refractivity contribution in [3.8, 4) is 0 Å². The fourth-order valence-corrected chi connectivity index (χ4v) is 5.79. The molecule has 3 aromatic rings. The first-order valence-electron chi connectivity index (χ1n) is 12.1. The highest BCUT2D eigenvalue weighted by Crippen LogP contribution is 2.38. The number of carbonyl (C=O) groups is 3. The van der Waals surface area contributed by atoms with Gasteiger partial charge in [-0.2, -0.15) is 0 Å². The molecule has 2 fully saturated rings. The molecule has 0 radical (unpaired) electrons. The summed E-state index contributed by atoms with van der Waals surface area (Å²) in [7, 11) is 0. The number of pyridine rings is 1. The van der Waals surface area contributed by atoms with Crippen molar-refractivity contribution < 1.29 is 18.8 Å². The van der Waals surface area contributed by atoms with Gasteiger partial charge in [0.05, 0.1) is 11.0 Å². The monoisotopic (exact) mass is 475 g/mol. The molecule has 2 N–H and O–H groups in total. The lowest BCUT2D eigenvalue weighted by Crippen LogP contribution is -2.52. The van der Waals surface area contributed by atoms with Gasteiger partial charge in [-0.1, -0.05) is 0 Å². The Labute approximate surface area is 201 Å². The van der Waals surface area contributed by atoms with Crippen LogP contribution in [-0.4, -0.2) is 56.6 Å². The molecule has 3 aliphatic rings. The molecule has 0 aliphatic carbocycles. The summed E-state index contributed by atoms with van der Waals surface area (Å²) in [5.41, 5.74) is 5.22. The van der Waals surface area contributed by atoms with E-state index in [1.807, 2.05) is 18.3 Å². The average Bonchev–Trinajstić information content (AvgIpc) is 3.40. The van der Waals surface area contributed by atoms with E-state index in [1.54, 1.807) is 12.3 Å².